The maximum absolute atomic E-state index is 12.5. The summed E-state index contributed by atoms with van der Waals surface area (Å²) in [4.78, 5) is 12.5. The van der Waals surface area contributed by atoms with Crippen LogP contribution in [0.1, 0.15) is 59.3 Å². The van der Waals surface area contributed by atoms with Crippen LogP contribution >= 0.6 is 0 Å². The Hall–Kier alpha value is -0.570. The van der Waals surface area contributed by atoms with E-state index in [2.05, 4.69) is 26.1 Å². The first-order valence-corrected chi connectivity index (χ1v) is 8.94. The zero-order valence-corrected chi connectivity index (χ0v) is 13.9. The van der Waals surface area contributed by atoms with E-state index < -0.39 is 0 Å². The zero-order valence-electron chi connectivity index (χ0n) is 13.9. The maximum atomic E-state index is 12.5. The predicted molar refractivity (Wildman–Crippen MR) is 85.6 cm³/mol. The fourth-order valence-corrected chi connectivity index (χ4v) is 5.86. The Balaban J connectivity index is 1.68. The third-order valence-electron chi connectivity index (χ3n) is 6.76. The normalized spacial score (nSPS) is 40.3. The third-order valence-corrected chi connectivity index (χ3v) is 6.76. The summed E-state index contributed by atoms with van der Waals surface area (Å²) in [5.74, 6) is 3.26. The van der Waals surface area contributed by atoms with Crippen LogP contribution in [0.2, 0.25) is 0 Å². The highest BCUT2D eigenvalue weighted by atomic mass is 16.2. The highest BCUT2D eigenvalue weighted by Gasteiger charge is 2.53. The molecule has 0 aromatic rings. The molecule has 21 heavy (non-hydrogen) atoms. The number of amides is 1. The summed E-state index contributed by atoms with van der Waals surface area (Å²) in [6.07, 6.45) is 8.40. The zero-order chi connectivity index (χ0) is 15.2. The number of nitrogens with one attached hydrogen (secondary N) is 1. The predicted octanol–water partition coefficient (Wildman–Crippen LogP) is 2.94. The molecule has 1 amide bonds. The van der Waals surface area contributed by atoms with E-state index in [1.54, 1.807) is 0 Å². The Morgan fingerprint density at radius 1 is 1.10 bits per heavy atom. The second-order valence-corrected chi connectivity index (χ2v) is 8.60. The van der Waals surface area contributed by atoms with Crippen molar-refractivity contribution in [3.8, 4) is 0 Å². The molecule has 0 aromatic heterocycles. The molecule has 0 spiro atoms. The first-order valence-electron chi connectivity index (χ1n) is 8.94. The number of carbonyl (C=O) groups excluding carboxylic acids is 1. The molecule has 2 atom stereocenters. The molecule has 2 unspecified atom stereocenters. The number of carbonyl (C=O) groups is 1. The van der Waals surface area contributed by atoms with E-state index in [4.69, 9.17) is 5.73 Å². The van der Waals surface area contributed by atoms with Gasteiger partial charge in [-0.1, -0.05) is 13.8 Å². The standard InChI is InChI=1S/C18H32N2O/c1-11(2)16(10-19)17(21)20-12(3)18-7-13-4-14(8-18)6-15(5-13)9-18/h11-16H,4-10,19H2,1-3H3,(H,20,21). The lowest BCUT2D eigenvalue weighted by atomic mass is 9.48. The smallest absolute Gasteiger partial charge is 0.224 e. The summed E-state index contributed by atoms with van der Waals surface area (Å²) < 4.78 is 0. The SMILES string of the molecule is CC(C)C(CN)C(=O)NC(C)C12CC3CC(CC(C3)C1)C2. The average molecular weight is 292 g/mol. The van der Waals surface area contributed by atoms with Crippen molar-refractivity contribution < 1.29 is 4.79 Å². The first kappa shape index (κ1) is 15.3. The molecule has 4 bridgehead atoms. The molecular weight excluding hydrogens is 260 g/mol. The van der Waals surface area contributed by atoms with Gasteiger partial charge in [-0.05, 0) is 74.5 Å². The van der Waals surface area contributed by atoms with E-state index in [1.165, 1.54) is 38.5 Å². The van der Waals surface area contributed by atoms with Gasteiger partial charge in [-0.3, -0.25) is 4.79 Å². The second kappa shape index (κ2) is 5.57. The van der Waals surface area contributed by atoms with Gasteiger partial charge in [0.2, 0.25) is 5.91 Å². The minimum absolute atomic E-state index is 0.0404. The summed E-state index contributed by atoms with van der Waals surface area (Å²) in [6, 6.07) is 0.311. The van der Waals surface area contributed by atoms with Gasteiger partial charge < -0.3 is 11.1 Å². The van der Waals surface area contributed by atoms with Gasteiger partial charge in [0.1, 0.15) is 0 Å². The quantitative estimate of drug-likeness (QED) is 0.818. The largest absolute Gasteiger partial charge is 0.353 e. The van der Waals surface area contributed by atoms with Gasteiger partial charge in [0.15, 0.2) is 0 Å². The molecule has 4 aliphatic rings. The van der Waals surface area contributed by atoms with Gasteiger partial charge in [0.05, 0.1) is 5.92 Å². The van der Waals surface area contributed by atoms with Crippen LogP contribution < -0.4 is 11.1 Å². The topological polar surface area (TPSA) is 55.1 Å². The van der Waals surface area contributed by atoms with E-state index in [1.807, 2.05) is 0 Å². The van der Waals surface area contributed by atoms with E-state index >= 15 is 0 Å². The van der Waals surface area contributed by atoms with Crippen LogP contribution in [0.5, 0.6) is 0 Å². The molecule has 0 aliphatic heterocycles. The highest BCUT2D eigenvalue weighted by Crippen LogP contribution is 2.61. The van der Waals surface area contributed by atoms with Crippen LogP contribution in [-0.4, -0.2) is 18.5 Å². The molecular formula is C18H32N2O. The molecule has 3 N–H and O–H groups in total. The van der Waals surface area contributed by atoms with Crippen molar-refractivity contribution >= 4 is 5.91 Å². The molecule has 3 heteroatoms. The summed E-state index contributed by atoms with van der Waals surface area (Å²) >= 11 is 0. The van der Waals surface area contributed by atoms with Crippen molar-refractivity contribution in [2.75, 3.05) is 6.54 Å². The fourth-order valence-electron chi connectivity index (χ4n) is 5.86. The number of rotatable bonds is 5. The molecule has 4 saturated carbocycles. The highest BCUT2D eigenvalue weighted by molar-refractivity contribution is 5.79. The Morgan fingerprint density at radius 2 is 1.57 bits per heavy atom. The molecule has 3 nitrogen and oxygen atoms in total. The number of hydrogen-bond acceptors (Lipinski definition) is 2. The van der Waals surface area contributed by atoms with Gasteiger partial charge in [-0.2, -0.15) is 0 Å². The molecule has 4 rings (SSSR count). The lowest BCUT2D eigenvalue weighted by molar-refractivity contribution is -0.130. The van der Waals surface area contributed by atoms with Crippen molar-refractivity contribution in [2.24, 2.45) is 40.7 Å². The minimum Gasteiger partial charge on any atom is -0.353 e. The van der Waals surface area contributed by atoms with E-state index in [-0.39, 0.29) is 11.8 Å². The van der Waals surface area contributed by atoms with Gasteiger partial charge in [-0.25, -0.2) is 0 Å². The van der Waals surface area contributed by atoms with Gasteiger partial charge in [0.25, 0.3) is 0 Å². The number of nitrogens with two attached hydrogens (primary N) is 1. The van der Waals surface area contributed by atoms with Crippen molar-refractivity contribution in [1.29, 1.82) is 0 Å². The van der Waals surface area contributed by atoms with Crippen LogP contribution in [-0.2, 0) is 4.79 Å². The van der Waals surface area contributed by atoms with Crippen molar-refractivity contribution in [3.05, 3.63) is 0 Å². The van der Waals surface area contributed by atoms with Crippen LogP contribution in [0, 0.1) is 35.0 Å². The second-order valence-electron chi connectivity index (χ2n) is 8.60. The summed E-state index contributed by atoms with van der Waals surface area (Å²) in [6.45, 7) is 6.88. The lowest BCUT2D eigenvalue weighted by Crippen LogP contribution is -2.57. The molecule has 4 fully saturated rings. The van der Waals surface area contributed by atoms with E-state index in [0.717, 1.165) is 17.8 Å². The monoisotopic (exact) mass is 292 g/mol. The average Bonchev–Trinajstić information content (AvgIpc) is 2.37. The van der Waals surface area contributed by atoms with Gasteiger partial charge >= 0.3 is 0 Å². The van der Waals surface area contributed by atoms with E-state index in [9.17, 15) is 4.79 Å². The summed E-state index contributed by atoms with van der Waals surface area (Å²) in [5, 5.41) is 3.35. The Morgan fingerprint density at radius 3 is 1.95 bits per heavy atom. The summed E-state index contributed by atoms with van der Waals surface area (Å²) in [7, 11) is 0. The fraction of sp³-hybridized carbons (Fsp3) is 0.944. The first-order chi connectivity index (χ1) is 9.93. The lowest BCUT2D eigenvalue weighted by Gasteiger charge is -2.59. The molecule has 120 valence electrons. The van der Waals surface area contributed by atoms with Gasteiger partial charge in [0, 0.05) is 12.6 Å². The van der Waals surface area contributed by atoms with Crippen LogP contribution in [0.4, 0.5) is 0 Å². The molecule has 0 saturated heterocycles. The van der Waals surface area contributed by atoms with E-state index in [0.29, 0.717) is 23.9 Å². The molecule has 0 heterocycles. The number of hydrogen-bond donors (Lipinski definition) is 2. The maximum Gasteiger partial charge on any atom is 0.224 e. The Bertz CT molecular complexity index is 369. The van der Waals surface area contributed by atoms with Crippen LogP contribution in [0.15, 0.2) is 0 Å². The van der Waals surface area contributed by atoms with Gasteiger partial charge in [-0.15, -0.1) is 0 Å². The molecule has 4 aliphatic carbocycles. The summed E-state index contributed by atoms with van der Waals surface area (Å²) in [5.41, 5.74) is 6.19. The van der Waals surface area contributed by atoms with Crippen LogP contribution in [0.25, 0.3) is 0 Å². The van der Waals surface area contributed by atoms with Crippen molar-refractivity contribution in [1.82, 2.24) is 5.32 Å². The van der Waals surface area contributed by atoms with Crippen molar-refractivity contribution in [2.45, 2.75) is 65.3 Å². The van der Waals surface area contributed by atoms with Crippen molar-refractivity contribution in [3.63, 3.8) is 0 Å². The van der Waals surface area contributed by atoms with Crippen LogP contribution in [0.3, 0.4) is 0 Å². The minimum atomic E-state index is -0.0404. The third kappa shape index (κ3) is 2.74. The Labute approximate surface area is 129 Å². The Kier molecular flexibility index (Phi) is 4.06. The molecule has 0 aromatic carbocycles. The molecule has 0 radical (unpaired) electrons.